The number of hydrogen-bond acceptors (Lipinski definition) is 3. The molecule has 1 unspecified atom stereocenters. The van der Waals surface area contributed by atoms with Gasteiger partial charge >= 0.3 is 0 Å². The highest BCUT2D eigenvalue weighted by Crippen LogP contribution is 2.43. The van der Waals surface area contributed by atoms with Crippen molar-refractivity contribution in [2.24, 2.45) is 11.3 Å². The Hall–Kier alpha value is -0.410. The molecule has 0 bridgehead atoms. The van der Waals surface area contributed by atoms with Crippen molar-refractivity contribution in [1.82, 2.24) is 0 Å². The predicted molar refractivity (Wildman–Crippen MR) is 105 cm³/mol. The number of unbranched alkanes of at least 4 members (excludes halogenated alkanes) is 5. The molecule has 1 saturated carbocycles. The predicted octanol–water partition coefficient (Wildman–Crippen LogP) is 6.29. The molecule has 3 heteroatoms. The quantitative estimate of drug-likeness (QED) is 0.256. The highest BCUT2D eigenvalue weighted by Gasteiger charge is 2.40. The van der Waals surface area contributed by atoms with Crippen LogP contribution in [0.4, 0.5) is 0 Å². The standard InChI is InChI=1S/C22H42O3/c1-6-8-9-10-11-12-14-19(22(7-2,24-4)25-5)15-13-16-21(3)17-20(23)18-21/h19H,6-18H2,1-5H3. The second kappa shape index (κ2) is 11.3. The summed E-state index contributed by atoms with van der Waals surface area (Å²) in [6.45, 7) is 6.68. The lowest BCUT2D eigenvalue weighted by Gasteiger charge is -2.40. The first-order valence-electron chi connectivity index (χ1n) is 10.6. The van der Waals surface area contributed by atoms with Crippen LogP contribution in [0.2, 0.25) is 0 Å². The summed E-state index contributed by atoms with van der Waals surface area (Å²) >= 11 is 0. The molecule has 0 aromatic rings. The van der Waals surface area contributed by atoms with Gasteiger partial charge < -0.3 is 9.47 Å². The van der Waals surface area contributed by atoms with Crippen LogP contribution in [-0.2, 0) is 14.3 Å². The van der Waals surface area contributed by atoms with Crippen LogP contribution in [0.15, 0.2) is 0 Å². The topological polar surface area (TPSA) is 35.5 Å². The van der Waals surface area contributed by atoms with E-state index in [1.807, 2.05) is 0 Å². The average molecular weight is 355 g/mol. The van der Waals surface area contributed by atoms with Crippen molar-refractivity contribution < 1.29 is 14.3 Å². The van der Waals surface area contributed by atoms with Gasteiger partial charge in [0.25, 0.3) is 0 Å². The summed E-state index contributed by atoms with van der Waals surface area (Å²) in [6.07, 6.45) is 15.0. The van der Waals surface area contributed by atoms with Crippen LogP contribution in [0.3, 0.4) is 0 Å². The zero-order valence-corrected chi connectivity index (χ0v) is 17.5. The van der Waals surface area contributed by atoms with E-state index in [2.05, 4.69) is 20.8 Å². The van der Waals surface area contributed by atoms with E-state index in [-0.39, 0.29) is 5.41 Å². The molecule has 1 aliphatic carbocycles. The minimum absolute atomic E-state index is 0.261. The first-order chi connectivity index (χ1) is 11.9. The van der Waals surface area contributed by atoms with Gasteiger partial charge in [0.15, 0.2) is 5.79 Å². The highest BCUT2D eigenvalue weighted by atomic mass is 16.7. The van der Waals surface area contributed by atoms with E-state index in [0.29, 0.717) is 11.7 Å². The zero-order chi connectivity index (χ0) is 18.8. The lowest BCUT2D eigenvalue weighted by atomic mass is 9.66. The third kappa shape index (κ3) is 7.02. The van der Waals surface area contributed by atoms with Crippen LogP contribution in [0.1, 0.15) is 104 Å². The Kier molecular flexibility index (Phi) is 10.3. The minimum Gasteiger partial charge on any atom is -0.353 e. The van der Waals surface area contributed by atoms with Gasteiger partial charge in [-0.3, -0.25) is 4.79 Å². The molecule has 0 N–H and O–H groups in total. The molecule has 0 radical (unpaired) electrons. The smallest absolute Gasteiger partial charge is 0.170 e. The Morgan fingerprint density at radius 3 is 2.04 bits per heavy atom. The normalized spacial score (nSPS) is 18.2. The molecular formula is C22H42O3. The fourth-order valence-corrected chi connectivity index (χ4v) is 4.60. The summed E-state index contributed by atoms with van der Waals surface area (Å²) in [5.74, 6) is 0.431. The Morgan fingerprint density at radius 2 is 1.52 bits per heavy atom. The zero-order valence-electron chi connectivity index (χ0n) is 17.5. The van der Waals surface area contributed by atoms with Crippen LogP contribution < -0.4 is 0 Å². The molecule has 148 valence electrons. The molecule has 3 nitrogen and oxygen atoms in total. The van der Waals surface area contributed by atoms with Crippen LogP contribution in [0, 0.1) is 11.3 Å². The van der Waals surface area contributed by atoms with Gasteiger partial charge in [-0.1, -0.05) is 65.7 Å². The van der Waals surface area contributed by atoms with Gasteiger partial charge in [0.1, 0.15) is 5.78 Å². The average Bonchev–Trinajstić information content (AvgIpc) is 2.58. The first-order valence-corrected chi connectivity index (χ1v) is 10.6. The van der Waals surface area contributed by atoms with E-state index >= 15 is 0 Å². The van der Waals surface area contributed by atoms with Gasteiger partial charge in [0.05, 0.1) is 0 Å². The number of hydrogen-bond donors (Lipinski definition) is 0. The van der Waals surface area contributed by atoms with Gasteiger partial charge in [0, 0.05) is 33.0 Å². The number of carbonyl (C=O) groups is 1. The highest BCUT2D eigenvalue weighted by molar-refractivity contribution is 5.85. The number of ketones is 1. The molecular weight excluding hydrogens is 312 g/mol. The van der Waals surface area contributed by atoms with Crippen molar-refractivity contribution in [3.8, 4) is 0 Å². The number of rotatable bonds is 15. The molecule has 1 rings (SSSR count). The molecule has 0 spiro atoms. The third-order valence-electron chi connectivity index (χ3n) is 6.29. The molecule has 1 atom stereocenters. The van der Waals surface area contributed by atoms with E-state index in [4.69, 9.17) is 9.47 Å². The second-order valence-electron chi connectivity index (χ2n) is 8.42. The summed E-state index contributed by atoms with van der Waals surface area (Å²) in [7, 11) is 3.57. The van der Waals surface area contributed by atoms with Crippen LogP contribution in [0.25, 0.3) is 0 Å². The van der Waals surface area contributed by atoms with Crippen LogP contribution in [0.5, 0.6) is 0 Å². The molecule has 0 aromatic carbocycles. The number of carbonyl (C=O) groups excluding carboxylic acids is 1. The largest absolute Gasteiger partial charge is 0.353 e. The van der Waals surface area contributed by atoms with Crippen molar-refractivity contribution in [3.05, 3.63) is 0 Å². The van der Waals surface area contributed by atoms with Gasteiger partial charge in [-0.2, -0.15) is 0 Å². The van der Waals surface area contributed by atoms with Gasteiger partial charge in [-0.05, 0) is 31.1 Å². The molecule has 25 heavy (non-hydrogen) atoms. The molecule has 0 amide bonds. The Labute approximate surface area is 156 Å². The van der Waals surface area contributed by atoms with E-state index in [1.54, 1.807) is 14.2 Å². The van der Waals surface area contributed by atoms with Gasteiger partial charge in [-0.15, -0.1) is 0 Å². The fourth-order valence-electron chi connectivity index (χ4n) is 4.60. The maximum atomic E-state index is 11.3. The lowest BCUT2D eigenvalue weighted by Crippen LogP contribution is -2.42. The van der Waals surface area contributed by atoms with E-state index in [0.717, 1.165) is 32.1 Å². The van der Waals surface area contributed by atoms with Gasteiger partial charge in [0.2, 0.25) is 0 Å². The summed E-state index contributed by atoms with van der Waals surface area (Å²) in [5.41, 5.74) is 0.261. The molecule has 0 saturated heterocycles. The van der Waals surface area contributed by atoms with Crippen LogP contribution in [-0.4, -0.2) is 25.8 Å². The van der Waals surface area contributed by atoms with Crippen LogP contribution >= 0.6 is 0 Å². The van der Waals surface area contributed by atoms with Crippen molar-refractivity contribution in [2.75, 3.05) is 14.2 Å². The first kappa shape index (κ1) is 22.6. The summed E-state index contributed by atoms with van der Waals surface area (Å²) in [5, 5.41) is 0. The lowest BCUT2D eigenvalue weighted by molar-refractivity contribution is -0.244. The number of ether oxygens (including phenoxy) is 2. The van der Waals surface area contributed by atoms with Gasteiger partial charge in [-0.25, -0.2) is 0 Å². The summed E-state index contributed by atoms with van der Waals surface area (Å²) < 4.78 is 11.7. The van der Waals surface area contributed by atoms with Crippen molar-refractivity contribution >= 4 is 5.78 Å². The maximum Gasteiger partial charge on any atom is 0.170 e. The fraction of sp³-hybridized carbons (Fsp3) is 0.955. The Bertz CT molecular complexity index is 357. The minimum atomic E-state index is -0.445. The number of methoxy groups -OCH3 is 2. The SMILES string of the molecule is CCCCCCCCC(CCCC1(C)CC(=O)C1)C(CC)(OC)OC. The molecule has 0 aromatic heterocycles. The molecule has 1 fully saturated rings. The van der Waals surface area contributed by atoms with E-state index in [1.165, 1.54) is 51.4 Å². The summed E-state index contributed by atoms with van der Waals surface area (Å²) in [6, 6.07) is 0. The molecule has 0 heterocycles. The number of Topliss-reactive ketones (excluding diaryl/α,β-unsaturated/α-hetero) is 1. The molecule has 0 aliphatic heterocycles. The van der Waals surface area contributed by atoms with E-state index < -0.39 is 5.79 Å². The Morgan fingerprint density at radius 1 is 0.960 bits per heavy atom. The monoisotopic (exact) mass is 354 g/mol. The van der Waals surface area contributed by atoms with E-state index in [9.17, 15) is 4.79 Å². The maximum absolute atomic E-state index is 11.3. The Balaban J connectivity index is 2.48. The second-order valence-corrected chi connectivity index (χ2v) is 8.42. The summed E-state index contributed by atoms with van der Waals surface area (Å²) in [4.78, 5) is 11.3. The molecule has 1 aliphatic rings. The van der Waals surface area contributed by atoms with Crippen molar-refractivity contribution in [1.29, 1.82) is 0 Å². The third-order valence-corrected chi connectivity index (χ3v) is 6.29. The van der Waals surface area contributed by atoms with Crippen molar-refractivity contribution in [2.45, 2.75) is 110 Å². The van der Waals surface area contributed by atoms with Crippen molar-refractivity contribution in [3.63, 3.8) is 0 Å².